The molecule has 0 aliphatic heterocycles. The van der Waals surface area contributed by atoms with Crippen molar-refractivity contribution in [2.75, 3.05) is 0 Å². The van der Waals surface area contributed by atoms with Crippen LogP contribution < -0.4 is 4.74 Å². The molecule has 19 heavy (non-hydrogen) atoms. The first-order chi connectivity index (χ1) is 8.85. The molecule has 0 saturated heterocycles. The van der Waals surface area contributed by atoms with E-state index in [9.17, 15) is 18.0 Å². The van der Waals surface area contributed by atoms with Crippen LogP contribution in [0, 0.1) is 0 Å². The van der Waals surface area contributed by atoms with Crippen molar-refractivity contribution in [3.63, 3.8) is 0 Å². The molecule has 1 aromatic heterocycles. The van der Waals surface area contributed by atoms with E-state index in [1.165, 1.54) is 17.5 Å². The molecule has 0 saturated carbocycles. The lowest BCUT2D eigenvalue weighted by Gasteiger charge is -2.09. The van der Waals surface area contributed by atoms with Crippen molar-refractivity contribution >= 4 is 17.3 Å². The number of benzene rings is 1. The van der Waals surface area contributed by atoms with Crippen molar-refractivity contribution in [3.05, 3.63) is 35.3 Å². The second-order valence-corrected chi connectivity index (χ2v) is 4.28. The van der Waals surface area contributed by atoms with Gasteiger partial charge < -0.3 is 9.84 Å². The van der Waals surface area contributed by atoms with Gasteiger partial charge in [0.2, 0.25) is 0 Å². The van der Waals surface area contributed by atoms with Crippen LogP contribution in [0.25, 0.3) is 10.6 Å². The normalized spacial score (nSPS) is 11.3. The summed E-state index contributed by atoms with van der Waals surface area (Å²) in [4.78, 5) is 14.5. The van der Waals surface area contributed by atoms with Gasteiger partial charge in [0.1, 0.15) is 10.8 Å². The molecule has 8 heteroatoms. The summed E-state index contributed by atoms with van der Waals surface area (Å²) < 4.78 is 40.0. The van der Waals surface area contributed by atoms with Crippen LogP contribution >= 0.6 is 11.3 Å². The summed E-state index contributed by atoms with van der Waals surface area (Å²) in [5.74, 6) is -1.57. The SMILES string of the molecule is O=C(O)c1csc(-c2cccc(OC(F)(F)F)c2)n1. The van der Waals surface area contributed by atoms with Crippen molar-refractivity contribution in [2.45, 2.75) is 6.36 Å². The molecule has 4 nitrogen and oxygen atoms in total. The molecule has 0 unspecified atom stereocenters. The van der Waals surface area contributed by atoms with Gasteiger partial charge >= 0.3 is 12.3 Å². The fourth-order valence-corrected chi connectivity index (χ4v) is 2.12. The second-order valence-electron chi connectivity index (χ2n) is 3.42. The molecule has 0 amide bonds. The topological polar surface area (TPSA) is 59.4 Å². The zero-order chi connectivity index (χ0) is 14.0. The number of nitrogens with zero attached hydrogens (tertiary/aromatic N) is 1. The van der Waals surface area contributed by atoms with Gasteiger partial charge in [0.25, 0.3) is 0 Å². The van der Waals surface area contributed by atoms with Crippen LogP contribution in [0.15, 0.2) is 29.6 Å². The fraction of sp³-hybridized carbons (Fsp3) is 0.0909. The number of aromatic nitrogens is 1. The second kappa shape index (κ2) is 4.88. The van der Waals surface area contributed by atoms with Gasteiger partial charge in [0.05, 0.1) is 0 Å². The Balaban J connectivity index is 2.29. The zero-order valence-electron chi connectivity index (χ0n) is 9.14. The van der Waals surface area contributed by atoms with Gasteiger partial charge in [-0.2, -0.15) is 0 Å². The molecule has 0 atom stereocenters. The van der Waals surface area contributed by atoms with E-state index in [1.807, 2.05) is 0 Å². The molecule has 100 valence electrons. The maximum absolute atomic E-state index is 12.1. The molecule has 0 aliphatic rings. The summed E-state index contributed by atoms with van der Waals surface area (Å²) in [6.07, 6.45) is -4.77. The number of aromatic carboxylic acids is 1. The number of carboxylic acids is 1. The van der Waals surface area contributed by atoms with Gasteiger partial charge in [0, 0.05) is 10.9 Å². The van der Waals surface area contributed by atoms with E-state index in [2.05, 4.69) is 9.72 Å². The number of carbonyl (C=O) groups is 1. The van der Waals surface area contributed by atoms with Gasteiger partial charge in [-0.05, 0) is 12.1 Å². The van der Waals surface area contributed by atoms with E-state index in [-0.39, 0.29) is 11.4 Å². The van der Waals surface area contributed by atoms with Crippen molar-refractivity contribution in [3.8, 4) is 16.3 Å². The molecular weight excluding hydrogens is 283 g/mol. The van der Waals surface area contributed by atoms with E-state index in [4.69, 9.17) is 5.11 Å². The van der Waals surface area contributed by atoms with E-state index in [0.717, 1.165) is 23.5 Å². The Labute approximate surface area is 109 Å². The average Bonchev–Trinajstić information content (AvgIpc) is 2.76. The van der Waals surface area contributed by atoms with Gasteiger partial charge in [-0.15, -0.1) is 24.5 Å². The predicted octanol–water partition coefficient (Wildman–Crippen LogP) is 3.41. The number of thiazole rings is 1. The van der Waals surface area contributed by atoms with Crippen LogP contribution in [0.5, 0.6) is 5.75 Å². The largest absolute Gasteiger partial charge is 0.573 e. The highest BCUT2D eigenvalue weighted by atomic mass is 32.1. The van der Waals surface area contributed by atoms with Crippen LogP contribution in [-0.4, -0.2) is 22.4 Å². The standard InChI is InChI=1S/C11H6F3NO3S/c12-11(13,14)18-7-3-1-2-6(4-7)9-15-8(5-19-9)10(16)17/h1-5H,(H,16,17). The van der Waals surface area contributed by atoms with Crippen LogP contribution in [0.4, 0.5) is 13.2 Å². The third-order valence-electron chi connectivity index (χ3n) is 2.04. The monoisotopic (exact) mass is 289 g/mol. The van der Waals surface area contributed by atoms with E-state index >= 15 is 0 Å². The summed E-state index contributed by atoms with van der Waals surface area (Å²) in [5.41, 5.74) is 0.210. The number of halogens is 3. The average molecular weight is 289 g/mol. The molecule has 1 heterocycles. The molecule has 0 radical (unpaired) electrons. The van der Waals surface area contributed by atoms with E-state index in [1.54, 1.807) is 0 Å². The Bertz CT molecular complexity index is 609. The highest BCUT2D eigenvalue weighted by molar-refractivity contribution is 7.13. The Morgan fingerprint density at radius 1 is 1.37 bits per heavy atom. The molecule has 1 N–H and O–H groups in total. The summed E-state index contributed by atoms with van der Waals surface area (Å²) in [6, 6.07) is 5.20. The van der Waals surface area contributed by atoms with Crippen molar-refractivity contribution in [1.82, 2.24) is 4.98 Å². The predicted molar refractivity (Wildman–Crippen MR) is 61.2 cm³/mol. The highest BCUT2D eigenvalue weighted by Gasteiger charge is 2.31. The molecule has 2 aromatic rings. The Morgan fingerprint density at radius 2 is 2.11 bits per heavy atom. The summed E-state index contributed by atoms with van der Waals surface area (Å²) in [5, 5.41) is 10.3. The molecule has 1 aromatic carbocycles. The molecule has 0 fully saturated rings. The molecule has 0 spiro atoms. The van der Waals surface area contributed by atoms with Crippen LogP contribution in [0.2, 0.25) is 0 Å². The molecule has 0 bridgehead atoms. The van der Waals surface area contributed by atoms with Crippen molar-refractivity contribution in [1.29, 1.82) is 0 Å². The summed E-state index contributed by atoms with van der Waals surface area (Å²) in [6.45, 7) is 0. The van der Waals surface area contributed by atoms with Gasteiger partial charge in [-0.25, -0.2) is 9.78 Å². The maximum atomic E-state index is 12.1. The summed E-state index contributed by atoms with van der Waals surface area (Å²) >= 11 is 1.03. The zero-order valence-corrected chi connectivity index (χ0v) is 9.96. The minimum absolute atomic E-state index is 0.151. The van der Waals surface area contributed by atoms with Crippen LogP contribution in [-0.2, 0) is 0 Å². The molecular formula is C11H6F3NO3S. The van der Waals surface area contributed by atoms with Gasteiger partial charge in [-0.3, -0.25) is 0 Å². The van der Waals surface area contributed by atoms with E-state index in [0.29, 0.717) is 10.6 Å². The number of alkyl halides is 3. The quantitative estimate of drug-likeness (QED) is 0.940. The molecule has 2 rings (SSSR count). The lowest BCUT2D eigenvalue weighted by molar-refractivity contribution is -0.274. The number of hydrogen-bond acceptors (Lipinski definition) is 4. The Morgan fingerprint density at radius 3 is 2.68 bits per heavy atom. The Hall–Kier alpha value is -2.09. The fourth-order valence-electron chi connectivity index (χ4n) is 1.33. The number of carboxylic acid groups (broad SMARTS) is 1. The first-order valence-corrected chi connectivity index (χ1v) is 5.78. The summed E-state index contributed by atoms with van der Waals surface area (Å²) in [7, 11) is 0. The van der Waals surface area contributed by atoms with Crippen molar-refractivity contribution in [2.24, 2.45) is 0 Å². The number of rotatable bonds is 3. The van der Waals surface area contributed by atoms with E-state index < -0.39 is 12.3 Å². The third kappa shape index (κ3) is 3.44. The lowest BCUT2D eigenvalue weighted by Crippen LogP contribution is -2.17. The first kappa shape index (κ1) is 13.3. The lowest BCUT2D eigenvalue weighted by atomic mass is 10.2. The minimum atomic E-state index is -4.77. The maximum Gasteiger partial charge on any atom is 0.573 e. The van der Waals surface area contributed by atoms with Gasteiger partial charge in [-0.1, -0.05) is 12.1 Å². The van der Waals surface area contributed by atoms with Gasteiger partial charge in [0.15, 0.2) is 5.69 Å². The smallest absolute Gasteiger partial charge is 0.476 e. The number of hydrogen-bond donors (Lipinski definition) is 1. The van der Waals surface area contributed by atoms with Crippen molar-refractivity contribution < 1.29 is 27.8 Å². The third-order valence-corrected chi connectivity index (χ3v) is 2.93. The van der Waals surface area contributed by atoms with Crippen LogP contribution in [0.3, 0.4) is 0 Å². The number of ether oxygens (including phenoxy) is 1. The molecule has 0 aliphatic carbocycles. The van der Waals surface area contributed by atoms with Crippen LogP contribution in [0.1, 0.15) is 10.5 Å². The Kier molecular flexibility index (Phi) is 3.43. The highest BCUT2D eigenvalue weighted by Crippen LogP contribution is 2.29. The minimum Gasteiger partial charge on any atom is -0.476 e. The first-order valence-electron chi connectivity index (χ1n) is 4.90.